The van der Waals surface area contributed by atoms with Gasteiger partial charge in [-0.1, -0.05) is 55.6 Å². The molecule has 1 atom stereocenters. The molecular formula is C21H32Cl3N5O4. The second kappa shape index (κ2) is 12.9. The Morgan fingerprint density at radius 2 is 2.12 bits per heavy atom. The van der Waals surface area contributed by atoms with Crippen LogP contribution >= 0.6 is 34.8 Å². The Kier molecular flexibility index (Phi) is 10.9. The maximum Gasteiger partial charge on any atom is 0.412 e. The lowest BCUT2D eigenvalue weighted by Crippen LogP contribution is -2.36. The van der Waals surface area contributed by atoms with Crippen molar-refractivity contribution in [2.45, 2.75) is 69.5 Å². The summed E-state index contributed by atoms with van der Waals surface area (Å²) < 4.78 is 16.2. The Morgan fingerprint density at radius 1 is 1.36 bits per heavy atom. The molecule has 1 aliphatic heterocycles. The number of carbonyl (C=O) groups excluding carboxylic acids is 1. The number of hydrogen-bond acceptors (Lipinski definition) is 7. The lowest BCUT2D eigenvalue weighted by atomic mass is 9.88. The first-order chi connectivity index (χ1) is 15.4. The maximum atomic E-state index is 12.1. The minimum absolute atomic E-state index is 0.107. The van der Waals surface area contributed by atoms with Gasteiger partial charge >= 0.3 is 6.09 Å². The highest BCUT2D eigenvalue weighted by molar-refractivity contribution is 6.67. The number of aryl methyl sites for hydroxylation is 1. The number of carbonyl (C=O) groups is 1. The monoisotopic (exact) mass is 523 g/mol. The number of hydrogen-bond donors (Lipinski definition) is 2. The van der Waals surface area contributed by atoms with E-state index in [4.69, 9.17) is 54.4 Å². The van der Waals surface area contributed by atoms with E-state index < -0.39 is 21.9 Å². The number of alkyl halides is 3. The Labute approximate surface area is 209 Å². The third-order valence-electron chi connectivity index (χ3n) is 4.72. The Hall–Kier alpha value is -1.39. The molecule has 1 aromatic rings. The number of aliphatic imine (C=N–C) groups is 1. The molecule has 33 heavy (non-hydrogen) atoms. The van der Waals surface area contributed by atoms with Crippen molar-refractivity contribution in [3.8, 4) is 0 Å². The van der Waals surface area contributed by atoms with Gasteiger partial charge in [-0.25, -0.2) is 9.79 Å². The third kappa shape index (κ3) is 11.5. The zero-order valence-electron chi connectivity index (χ0n) is 19.2. The molecule has 0 radical (unpaired) electrons. The number of halogens is 3. The summed E-state index contributed by atoms with van der Waals surface area (Å²) in [5.74, 6) is 0.238. The average molecular weight is 525 g/mol. The van der Waals surface area contributed by atoms with Gasteiger partial charge in [-0.2, -0.15) is 5.10 Å². The molecule has 2 rings (SSSR count). The highest BCUT2D eigenvalue weighted by Crippen LogP contribution is 2.26. The van der Waals surface area contributed by atoms with Crippen molar-refractivity contribution in [3.05, 3.63) is 12.4 Å². The van der Waals surface area contributed by atoms with Crippen LogP contribution in [0.15, 0.2) is 17.4 Å². The highest BCUT2D eigenvalue weighted by Gasteiger charge is 2.24. The van der Waals surface area contributed by atoms with E-state index in [1.807, 2.05) is 20.8 Å². The number of amides is 1. The van der Waals surface area contributed by atoms with E-state index in [-0.39, 0.29) is 18.5 Å². The summed E-state index contributed by atoms with van der Waals surface area (Å²) in [6.07, 6.45) is 6.46. The minimum atomic E-state index is -1.72. The van der Waals surface area contributed by atoms with Crippen molar-refractivity contribution in [1.82, 2.24) is 15.1 Å². The van der Waals surface area contributed by atoms with Gasteiger partial charge in [-0.15, -0.1) is 0 Å². The van der Waals surface area contributed by atoms with Crippen LogP contribution in [-0.2, 0) is 20.8 Å². The van der Waals surface area contributed by atoms with Gasteiger partial charge in [0.15, 0.2) is 6.29 Å². The van der Waals surface area contributed by atoms with Crippen LogP contribution < -0.4 is 5.32 Å². The predicted octanol–water partition coefficient (Wildman–Crippen LogP) is 5.40. The molecule has 1 unspecified atom stereocenters. The van der Waals surface area contributed by atoms with Crippen LogP contribution in [0.4, 0.5) is 10.5 Å². The number of nitrogens with one attached hydrogen (secondary N) is 2. The molecule has 0 bridgehead atoms. The Morgan fingerprint density at radius 3 is 2.76 bits per heavy atom. The summed E-state index contributed by atoms with van der Waals surface area (Å²) in [5, 5.41) is 15.1. The number of amidine groups is 1. The fourth-order valence-electron chi connectivity index (χ4n) is 2.82. The van der Waals surface area contributed by atoms with Crippen molar-refractivity contribution in [2.24, 2.45) is 10.4 Å². The summed E-state index contributed by atoms with van der Waals surface area (Å²) in [7, 11) is 0. The van der Waals surface area contributed by atoms with Gasteiger partial charge in [0.2, 0.25) is 3.79 Å². The van der Waals surface area contributed by atoms with Crippen molar-refractivity contribution < 1.29 is 19.0 Å². The predicted molar refractivity (Wildman–Crippen MR) is 130 cm³/mol. The fraction of sp³-hybridized carbons (Fsp3) is 0.714. The summed E-state index contributed by atoms with van der Waals surface area (Å²) in [6, 6.07) is 0. The molecule has 1 amide bonds. The SMILES string of the molecule is CC(C)(C)C(=N)CC(=Nc1cnn(CCCOC2CCCCO2)c1)NC(=O)OCC(Cl)(Cl)Cl. The molecule has 2 N–H and O–H groups in total. The summed E-state index contributed by atoms with van der Waals surface area (Å²) >= 11 is 16.9. The second-order valence-electron chi connectivity index (χ2n) is 8.76. The molecule has 0 spiro atoms. The first kappa shape index (κ1) is 27.9. The second-order valence-corrected chi connectivity index (χ2v) is 11.3. The number of nitrogens with zero attached hydrogens (tertiary/aromatic N) is 3. The van der Waals surface area contributed by atoms with Crippen molar-refractivity contribution in [3.63, 3.8) is 0 Å². The van der Waals surface area contributed by atoms with Gasteiger partial charge in [-0.05, 0) is 31.1 Å². The summed E-state index contributed by atoms with van der Waals surface area (Å²) in [6.45, 7) is 7.29. The van der Waals surface area contributed by atoms with E-state index in [1.165, 1.54) is 0 Å². The van der Waals surface area contributed by atoms with Crippen molar-refractivity contribution >= 4 is 58.1 Å². The molecule has 12 heteroatoms. The molecule has 1 fully saturated rings. The summed E-state index contributed by atoms with van der Waals surface area (Å²) in [4.78, 5) is 16.6. The number of alkyl carbamates (subject to hydrolysis) is 1. The van der Waals surface area contributed by atoms with E-state index in [0.717, 1.165) is 32.3 Å². The standard InChI is InChI=1S/C21H32Cl3N5O4/c1-20(2,3)16(25)11-17(28-19(30)33-14-21(22,23)24)27-15-12-26-29(13-15)8-6-10-32-18-7-4-5-9-31-18/h12-13,18,25H,4-11,14H2,1-3H3,(H,27,28,30). The van der Waals surface area contributed by atoms with E-state index in [0.29, 0.717) is 24.6 Å². The van der Waals surface area contributed by atoms with Gasteiger partial charge in [0.05, 0.1) is 19.0 Å². The molecule has 1 saturated heterocycles. The molecular weight excluding hydrogens is 493 g/mol. The maximum absolute atomic E-state index is 12.1. The quantitative estimate of drug-likeness (QED) is 0.194. The fourth-order valence-corrected chi connectivity index (χ4v) is 2.98. The molecule has 1 aromatic heterocycles. The highest BCUT2D eigenvalue weighted by atomic mass is 35.6. The average Bonchev–Trinajstić information content (AvgIpc) is 3.16. The van der Waals surface area contributed by atoms with Crippen LogP contribution in [0.2, 0.25) is 0 Å². The van der Waals surface area contributed by atoms with Gasteiger partial charge in [0.1, 0.15) is 18.1 Å². The smallest absolute Gasteiger partial charge is 0.412 e. The van der Waals surface area contributed by atoms with Crippen LogP contribution in [-0.4, -0.2) is 57.3 Å². The molecule has 2 heterocycles. The minimum Gasteiger partial charge on any atom is -0.445 e. The van der Waals surface area contributed by atoms with E-state index in [2.05, 4.69) is 15.4 Å². The topological polar surface area (TPSA) is 111 Å². The molecule has 0 aliphatic carbocycles. The number of ether oxygens (including phenoxy) is 3. The lowest BCUT2D eigenvalue weighted by molar-refractivity contribution is -0.163. The van der Waals surface area contributed by atoms with E-state index in [1.54, 1.807) is 17.1 Å². The normalized spacial score (nSPS) is 17.6. The van der Waals surface area contributed by atoms with Crippen LogP contribution in [0, 0.1) is 10.8 Å². The van der Waals surface area contributed by atoms with Gasteiger partial charge in [-0.3, -0.25) is 10.00 Å². The number of aromatic nitrogens is 2. The first-order valence-electron chi connectivity index (χ1n) is 10.8. The first-order valence-corrected chi connectivity index (χ1v) is 12.0. The van der Waals surface area contributed by atoms with E-state index in [9.17, 15) is 4.79 Å². The Bertz CT molecular complexity index is 812. The molecule has 9 nitrogen and oxygen atoms in total. The van der Waals surface area contributed by atoms with Crippen LogP contribution in [0.5, 0.6) is 0 Å². The largest absolute Gasteiger partial charge is 0.445 e. The third-order valence-corrected chi connectivity index (χ3v) is 5.05. The van der Waals surface area contributed by atoms with Gasteiger partial charge in [0.25, 0.3) is 0 Å². The lowest BCUT2D eigenvalue weighted by Gasteiger charge is -2.22. The summed E-state index contributed by atoms with van der Waals surface area (Å²) in [5.41, 5.74) is 0.526. The molecule has 186 valence electrons. The van der Waals surface area contributed by atoms with Crippen LogP contribution in [0.1, 0.15) is 52.9 Å². The van der Waals surface area contributed by atoms with Crippen LogP contribution in [0.25, 0.3) is 0 Å². The molecule has 0 saturated carbocycles. The van der Waals surface area contributed by atoms with Gasteiger partial charge in [0, 0.05) is 25.3 Å². The molecule has 0 aromatic carbocycles. The van der Waals surface area contributed by atoms with Gasteiger partial charge < -0.3 is 19.6 Å². The number of rotatable bonds is 9. The zero-order valence-corrected chi connectivity index (χ0v) is 21.5. The van der Waals surface area contributed by atoms with Crippen molar-refractivity contribution in [1.29, 1.82) is 5.41 Å². The van der Waals surface area contributed by atoms with E-state index >= 15 is 0 Å². The molecule has 1 aliphatic rings. The Balaban J connectivity index is 1.95. The zero-order chi connectivity index (χ0) is 24.5. The van der Waals surface area contributed by atoms with Crippen molar-refractivity contribution in [2.75, 3.05) is 19.8 Å². The van der Waals surface area contributed by atoms with Crippen LogP contribution in [0.3, 0.4) is 0 Å².